The number of para-hydroxylation sites is 1. The Kier molecular flexibility index (Phi) is 2.83. The maximum Gasteiger partial charge on any atom is 0.336 e. The molecule has 5 nitrogen and oxygen atoms in total. The van der Waals surface area contributed by atoms with Gasteiger partial charge in [-0.2, -0.15) is 0 Å². The molecule has 1 heterocycles. The molecule has 0 saturated heterocycles. The van der Waals surface area contributed by atoms with Crippen molar-refractivity contribution in [3.05, 3.63) is 41.0 Å². The zero-order chi connectivity index (χ0) is 15.4. The molecule has 21 heavy (non-hydrogen) atoms. The summed E-state index contributed by atoms with van der Waals surface area (Å²) in [4.78, 5) is 26.3. The van der Waals surface area contributed by atoms with Gasteiger partial charge in [0.2, 0.25) is 0 Å². The zero-order valence-electron chi connectivity index (χ0n) is 12.5. The van der Waals surface area contributed by atoms with E-state index in [1.54, 1.807) is 0 Å². The molecule has 0 radical (unpaired) electrons. The minimum atomic E-state index is -0.569. The minimum Gasteiger partial charge on any atom is -0.466 e. The number of carbonyl (C=O) groups excluding carboxylic acids is 2. The van der Waals surface area contributed by atoms with Crippen LogP contribution in [0, 0.1) is 0 Å². The van der Waals surface area contributed by atoms with Gasteiger partial charge in [0.15, 0.2) is 0 Å². The van der Waals surface area contributed by atoms with Crippen LogP contribution in [-0.2, 0) is 19.1 Å². The van der Waals surface area contributed by atoms with Crippen LogP contribution in [-0.4, -0.2) is 38.7 Å². The number of fused-ring (bicyclic) bond motifs is 3. The van der Waals surface area contributed by atoms with Crippen LogP contribution >= 0.6 is 0 Å². The normalized spacial score (nSPS) is 25.9. The highest BCUT2D eigenvalue weighted by Gasteiger charge is 2.63. The van der Waals surface area contributed by atoms with Crippen molar-refractivity contribution in [3.8, 4) is 0 Å². The molecule has 1 aromatic rings. The molecule has 1 aromatic carbocycles. The summed E-state index contributed by atoms with van der Waals surface area (Å²) in [6, 6.07) is 7.85. The van der Waals surface area contributed by atoms with Crippen molar-refractivity contribution >= 4 is 17.6 Å². The second kappa shape index (κ2) is 4.35. The predicted octanol–water partition coefficient (Wildman–Crippen LogP) is 1.63. The Morgan fingerprint density at radius 3 is 2.38 bits per heavy atom. The number of nitrogens with zero attached hydrogens (tertiary/aromatic N) is 1. The maximum atomic E-state index is 12.2. The van der Waals surface area contributed by atoms with Gasteiger partial charge in [-0.1, -0.05) is 18.2 Å². The summed E-state index contributed by atoms with van der Waals surface area (Å²) in [7, 11) is 4.57. The van der Waals surface area contributed by atoms with Crippen molar-refractivity contribution in [1.82, 2.24) is 0 Å². The summed E-state index contributed by atoms with van der Waals surface area (Å²) in [6.45, 7) is 1.95. The molecule has 0 fully saturated rings. The number of rotatable bonds is 2. The van der Waals surface area contributed by atoms with Crippen molar-refractivity contribution in [2.24, 2.45) is 0 Å². The van der Waals surface area contributed by atoms with Crippen LogP contribution in [0.2, 0.25) is 0 Å². The molecule has 0 bridgehead atoms. The molecule has 0 aromatic heterocycles. The SMILES string of the molecule is COC(=O)C1=C(C(=O)OC)[C@@]2(C)[C@@H]1c1ccccc1N2C. The van der Waals surface area contributed by atoms with Crippen molar-refractivity contribution < 1.29 is 19.1 Å². The fourth-order valence-corrected chi connectivity index (χ4v) is 3.62. The molecule has 0 unspecified atom stereocenters. The topological polar surface area (TPSA) is 55.8 Å². The summed E-state index contributed by atoms with van der Waals surface area (Å²) in [5.74, 6) is -1.11. The van der Waals surface area contributed by atoms with E-state index in [-0.39, 0.29) is 5.92 Å². The molecule has 2 aliphatic rings. The van der Waals surface area contributed by atoms with E-state index in [0.717, 1.165) is 11.3 Å². The van der Waals surface area contributed by atoms with E-state index in [0.29, 0.717) is 11.1 Å². The van der Waals surface area contributed by atoms with Gasteiger partial charge in [-0.25, -0.2) is 9.59 Å². The van der Waals surface area contributed by atoms with Crippen LogP contribution in [0.5, 0.6) is 0 Å². The highest BCUT2D eigenvalue weighted by atomic mass is 16.5. The van der Waals surface area contributed by atoms with E-state index in [2.05, 4.69) is 0 Å². The molecular weight excluding hydrogens is 270 g/mol. The minimum absolute atomic E-state index is 0.166. The molecule has 0 amide bonds. The molecule has 2 atom stereocenters. The van der Waals surface area contributed by atoms with Crippen molar-refractivity contribution in [1.29, 1.82) is 0 Å². The van der Waals surface area contributed by atoms with Gasteiger partial charge in [-0.3, -0.25) is 0 Å². The fraction of sp³-hybridized carbons (Fsp3) is 0.375. The zero-order valence-corrected chi connectivity index (χ0v) is 12.5. The van der Waals surface area contributed by atoms with Gasteiger partial charge in [0.05, 0.1) is 30.9 Å². The first kappa shape index (κ1) is 13.7. The molecule has 1 aliphatic heterocycles. The van der Waals surface area contributed by atoms with E-state index >= 15 is 0 Å². The van der Waals surface area contributed by atoms with Crippen LogP contribution in [0.3, 0.4) is 0 Å². The Morgan fingerprint density at radius 2 is 1.76 bits per heavy atom. The fourth-order valence-electron chi connectivity index (χ4n) is 3.62. The van der Waals surface area contributed by atoms with E-state index in [1.165, 1.54) is 14.2 Å². The van der Waals surface area contributed by atoms with Gasteiger partial charge in [0.1, 0.15) is 0 Å². The number of methoxy groups -OCH3 is 2. The second-order valence-electron chi connectivity index (χ2n) is 5.47. The van der Waals surface area contributed by atoms with Crippen LogP contribution in [0.25, 0.3) is 0 Å². The Morgan fingerprint density at radius 1 is 1.14 bits per heavy atom. The molecule has 110 valence electrons. The number of benzene rings is 1. The lowest BCUT2D eigenvalue weighted by Gasteiger charge is -2.48. The average Bonchev–Trinajstić information content (AvgIpc) is 2.67. The number of ether oxygens (including phenoxy) is 2. The van der Waals surface area contributed by atoms with Gasteiger partial charge in [-0.05, 0) is 18.6 Å². The Balaban J connectivity index is 2.22. The number of hydrogen-bond donors (Lipinski definition) is 0. The Labute approximate surface area is 123 Å². The third-order valence-corrected chi connectivity index (χ3v) is 4.73. The number of hydrogen-bond acceptors (Lipinski definition) is 5. The van der Waals surface area contributed by atoms with Crippen LogP contribution in [0.4, 0.5) is 5.69 Å². The quantitative estimate of drug-likeness (QED) is 0.774. The molecule has 1 aliphatic carbocycles. The molecular formula is C16H17NO4. The second-order valence-corrected chi connectivity index (χ2v) is 5.47. The number of likely N-dealkylation sites (N-methyl/N-ethyl adjacent to an activating group) is 1. The molecule has 5 heteroatoms. The molecule has 0 spiro atoms. The van der Waals surface area contributed by atoms with E-state index in [4.69, 9.17) is 9.47 Å². The van der Waals surface area contributed by atoms with Gasteiger partial charge < -0.3 is 14.4 Å². The van der Waals surface area contributed by atoms with Crippen molar-refractivity contribution in [2.75, 3.05) is 26.2 Å². The molecule has 0 saturated carbocycles. The average molecular weight is 287 g/mol. The smallest absolute Gasteiger partial charge is 0.336 e. The monoisotopic (exact) mass is 287 g/mol. The third-order valence-electron chi connectivity index (χ3n) is 4.73. The summed E-state index contributed by atoms with van der Waals surface area (Å²) in [5.41, 5.74) is 2.28. The predicted molar refractivity (Wildman–Crippen MR) is 77.0 cm³/mol. The van der Waals surface area contributed by atoms with Gasteiger partial charge in [0, 0.05) is 18.7 Å². The van der Waals surface area contributed by atoms with Crippen molar-refractivity contribution in [2.45, 2.75) is 18.4 Å². The summed E-state index contributed by atoms with van der Waals surface area (Å²) >= 11 is 0. The lowest BCUT2D eigenvalue weighted by molar-refractivity contribution is -0.141. The van der Waals surface area contributed by atoms with Crippen LogP contribution in [0.1, 0.15) is 18.4 Å². The highest BCUT2D eigenvalue weighted by molar-refractivity contribution is 6.10. The Bertz CT molecular complexity index is 679. The van der Waals surface area contributed by atoms with Gasteiger partial charge in [-0.15, -0.1) is 0 Å². The highest BCUT2D eigenvalue weighted by Crippen LogP contribution is 2.61. The van der Waals surface area contributed by atoms with Crippen molar-refractivity contribution in [3.63, 3.8) is 0 Å². The maximum absolute atomic E-state index is 12.2. The molecule has 3 rings (SSSR count). The summed E-state index contributed by atoms with van der Waals surface area (Å²) in [5, 5.41) is 0. The third kappa shape index (κ3) is 1.46. The first-order valence-electron chi connectivity index (χ1n) is 6.72. The summed E-state index contributed by atoms with van der Waals surface area (Å²) < 4.78 is 9.73. The van der Waals surface area contributed by atoms with Crippen LogP contribution < -0.4 is 4.90 Å². The van der Waals surface area contributed by atoms with Crippen LogP contribution in [0.15, 0.2) is 35.4 Å². The first-order valence-corrected chi connectivity index (χ1v) is 6.72. The number of carbonyl (C=O) groups is 2. The Hall–Kier alpha value is -2.30. The number of esters is 2. The van der Waals surface area contributed by atoms with E-state index < -0.39 is 17.5 Å². The van der Waals surface area contributed by atoms with Gasteiger partial charge >= 0.3 is 11.9 Å². The number of anilines is 1. The lowest BCUT2D eigenvalue weighted by Crippen LogP contribution is -2.57. The standard InChI is InChI=1S/C16H17NO4/c1-16-12(9-7-5-6-8-10(9)17(16)2)11(14(18)20-3)13(16)15(19)21-4/h5-8,12H,1-4H3/t12-,16-/m1/s1. The van der Waals surface area contributed by atoms with Gasteiger partial charge in [0.25, 0.3) is 0 Å². The summed E-state index contributed by atoms with van der Waals surface area (Å²) in [6.07, 6.45) is 0. The van der Waals surface area contributed by atoms with E-state index in [9.17, 15) is 9.59 Å². The largest absolute Gasteiger partial charge is 0.466 e. The van der Waals surface area contributed by atoms with E-state index in [1.807, 2.05) is 43.1 Å². The first-order chi connectivity index (χ1) is 9.98. The molecule has 0 N–H and O–H groups in total. The lowest BCUT2D eigenvalue weighted by atomic mass is 9.61.